The summed E-state index contributed by atoms with van der Waals surface area (Å²) in [5, 5.41) is 0. The summed E-state index contributed by atoms with van der Waals surface area (Å²) in [7, 11) is 0. The van der Waals surface area contributed by atoms with Gasteiger partial charge in [-0.25, -0.2) is 0 Å². The third-order valence-electron chi connectivity index (χ3n) is 0. The molecule has 0 heterocycles. The Balaban J connectivity index is -0.00000000267. The Morgan fingerprint density at radius 3 is 0.429 bits per heavy atom. The van der Waals surface area contributed by atoms with Crippen LogP contribution in [0.25, 0.3) is 0 Å². The molecule has 7 heavy (non-hydrogen) atoms. The smallest absolute Gasteiger partial charge is 0.147 e. The lowest BCUT2D eigenvalue weighted by Crippen LogP contribution is -2.02. The molecule has 0 aliphatic heterocycles. The Kier molecular flexibility index (Phi) is 2930. The van der Waals surface area contributed by atoms with Gasteiger partial charge < -0.3 is 0 Å². The molecule has 0 amide bonds. The molecule has 0 aliphatic rings. The van der Waals surface area contributed by atoms with Gasteiger partial charge in [0.2, 0.25) is 0 Å². The van der Waals surface area contributed by atoms with Crippen LogP contribution < -0.4 is 23.4 Å². The highest BCUT2D eigenvalue weighted by Crippen LogP contribution is 0.692. The van der Waals surface area contributed by atoms with Crippen molar-refractivity contribution in [3.63, 3.8) is 0 Å². The fourth-order valence-electron chi connectivity index (χ4n) is 0. The van der Waals surface area contributed by atoms with Crippen LogP contribution in [0.15, 0.2) is 0 Å². The summed E-state index contributed by atoms with van der Waals surface area (Å²) in [4.78, 5) is 0. The molecule has 0 saturated carbocycles. The Labute approximate surface area is 61.1 Å². The molecule has 4 nitrogen and oxygen atoms in total. The summed E-state index contributed by atoms with van der Waals surface area (Å²) in [6.07, 6.45) is 0. The van der Waals surface area contributed by atoms with E-state index >= 15 is 0 Å². The minimum Gasteiger partial charge on any atom is -0.274 e. The van der Waals surface area contributed by atoms with Crippen LogP contribution in [0.5, 0.6) is 0 Å². The third-order valence-corrected chi connectivity index (χ3v) is 0. The first kappa shape index (κ1) is 47.3. The topological polar surface area (TPSA) is 104 Å². The minimum absolute atomic E-state index is 0. The molecule has 7 heteroatoms. The summed E-state index contributed by atoms with van der Waals surface area (Å²) in [5.41, 5.74) is 0. The average molecular weight is 173 g/mol. The fourth-order valence-corrected chi connectivity index (χ4v) is 0. The van der Waals surface area contributed by atoms with E-state index in [9.17, 15) is 0 Å². The molecule has 0 saturated heterocycles. The van der Waals surface area contributed by atoms with Crippen LogP contribution in [0.2, 0.25) is 0 Å². The monoisotopic (exact) mass is 172 g/mol. The van der Waals surface area contributed by atoms with Gasteiger partial charge in [0.1, 0.15) is 0 Å². The van der Waals surface area contributed by atoms with Crippen molar-refractivity contribution in [2.45, 2.75) is 0 Å². The normalized spacial score (nSPS) is 1.71. The summed E-state index contributed by atoms with van der Waals surface area (Å²) in [5.74, 6) is 16.0. The Bertz CT molecular complexity index is 6.90. The predicted octanol–water partition coefficient (Wildman–Crippen LogP) is -1.10. The second-order valence-electron chi connectivity index (χ2n) is 0. The Morgan fingerprint density at radius 1 is 0.429 bits per heavy atom. The van der Waals surface area contributed by atoms with Gasteiger partial charge in [0.05, 0.1) is 0 Å². The summed E-state index contributed by atoms with van der Waals surface area (Å²) in [6.45, 7) is 0. The van der Waals surface area contributed by atoms with E-state index in [1.807, 2.05) is 0 Å². The lowest BCUT2D eigenvalue weighted by molar-refractivity contribution is 1.26. The highest BCUT2D eigenvalue weighted by Gasteiger charge is 0.728. The van der Waals surface area contributed by atoms with E-state index in [0.717, 1.165) is 0 Å². The third kappa shape index (κ3) is 295. The molecule has 0 aromatic rings. The van der Waals surface area contributed by atoms with Crippen LogP contribution in [0.1, 0.15) is 0 Å². The van der Waals surface area contributed by atoms with E-state index < -0.39 is 0 Å². The molecule has 0 spiro atoms. The number of nitrogens with two attached hydrogens (primary N) is 4. The van der Waals surface area contributed by atoms with Crippen LogP contribution in [-0.2, 0) is 0 Å². The second kappa shape index (κ2) is 434. The van der Waals surface area contributed by atoms with Gasteiger partial charge in [-0.2, -0.15) is 0 Å². The van der Waals surface area contributed by atoms with E-state index in [1.165, 1.54) is 0 Å². The van der Waals surface area contributed by atoms with Gasteiger partial charge >= 0.3 is 0 Å². The SMILES string of the molecule is Cl.Cl.Cl.NN.NN. The van der Waals surface area contributed by atoms with Crippen molar-refractivity contribution in [2.75, 3.05) is 0 Å². The lowest BCUT2D eigenvalue weighted by atomic mass is 13.0. The molecular weight excluding hydrogens is 162 g/mol. The van der Waals surface area contributed by atoms with Crippen LogP contribution in [-0.4, -0.2) is 0 Å². The van der Waals surface area contributed by atoms with Crippen molar-refractivity contribution in [1.82, 2.24) is 0 Å². The molecule has 0 atom stereocenters. The minimum atomic E-state index is 0. The van der Waals surface area contributed by atoms with Gasteiger partial charge in [-0.1, -0.05) is 0 Å². The lowest BCUT2D eigenvalue weighted by Gasteiger charge is -1.27. The van der Waals surface area contributed by atoms with Gasteiger partial charge in [0.15, 0.2) is 0 Å². The number of hydrazine groups is 2. The first-order valence-electron chi connectivity index (χ1n) is 0.667. The van der Waals surface area contributed by atoms with E-state index in [1.54, 1.807) is 0 Å². The number of hydrogen-bond acceptors (Lipinski definition) is 4. The maximum absolute atomic E-state index is 4.00. The van der Waals surface area contributed by atoms with Gasteiger partial charge in [-0.05, 0) is 0 Å². The van der Waals surface area contributed by atoms with Crippen LogP contribution in [0.4, 0.5) is 0 Å². The molecule has 0 unspecified atom stereocenters. The van der Waals surface area contributed by atoms with Crippen LogP contribution in [0.3, 0.4) is 0 Å². The zero-order chi connectivity index (χ0) is 4.00. The maximum atomic E-state index is 4.00. The van der Waals surface area contributed by atoms with Crippen molar-refractivity contribution in [2.24, 2.45) is 23.4 Å². The highest BCUT2D eigenvalue weighted by atomic mass is 35.5. The average Bonchev–Trinajstić information content (AvgIpc) is 1.50. The van der Waals surface area contributed by atoms with Gasteiger partial charge in [0, 0.05) is 0 Å². The predicted molar refractivity (Wildman–Crippen MR) is 38.5 cm³/mol. The molecule has 0 rings (SSSR count). The number of rotatable bonds is 0. The van der Waals surface area contributed by atoms with E-state index in [4.69, 9.17) is 0 Å². The number of halogens is 3. The second-order valence-corrected chi connectivity index (χ2v) is 0. The number of hydrogen-bond donors (Lipinski definition) is 4. The van der Waals surface area contributed by atoms with Gasteiger partial charge in [-0.3, -0.25) is 23.4 Å². The van der Waals surface area contributed by atoms with Gasteiger partial charge in [0.25, 0.3) is 0 Å². The van der Waals surface area contributed by atoms with E-state index in [-0.39, 0.29) is 37.2 Å². The molecule has 52 valence electrons. The molecule has 0 radical (unpaired) electrons. The molecule has 0 aromatic heterocycles. The molecular formula is H11Cl3N4. The summed E-state index contributed by atoms with van der Waals surface area (Å²) < 4.78 is 0. The molecule has 0 aliphatic carbocycles. The highest BCUT2D eigenvalue weighted by molar-refractivity contribution is 5.86. The standard InChI is InChI=1S/3ClH.2H4N2/c;;;2*1-2/h3*1H;2*1-2H2. The van der Waals surface area contributed by atoms with Crippen molar-refractivity contribution in [3.8, 4) is 0 Å². The summed E-state index contributed by atoms with van der Waals surface area (Å²) in [6, 6.07) is 0. The first-order chi connectivity index (χ1) is 2.00. The van der Waals surface area contributed by atoms with Gasteiger partial charge in [-0.15, -0.1) is 37.2 Å². The van der Waals surface area contributed by atoms with Crippen LogP contribution >= 0.6 is 37.2 Å². The first-order valence-corrected chi connectivity index (χ1v) is 0.667. The zero-order valence-electron chi connectivity index (χ0n) is 3.53. The molecule has 0 aromatic carbocycles. The maximum Gasteiger partial charge on any atom is -0.147 e. The van der Waals surface area contributed by atoms with E-state index in [0.29, 0.717) is 0 Å². The molecule has 0 fully saturated rings. The fraction of sp³-hybridized carbons (Fsp3) is 0. The van der Waals surface area contributed by atoms with Crippen LogP contribution in [0, 0.1) is 0 Å². The van der Waals surface area contributed by atoms with E-state index in [2.05, 4.69) is 23.4 Å². The Hall–Kier alpha value is 0.710. The zero-order valence-corrected chi connectivity index (χ0v) is 5.98. The van der Waals surface area contributed by atoms with Crippen molar-refractivity contribution in [3.05, 3.63) is 0 Å². The summed E-state index contributed by atoms with van der Waals surface area (Å²) >= 11 is 0. The van der Waals surface area contributed by atoms with Crippen molar-refractivity contribution >= 4 is 37.2 Å². The van der Waals surface area contributed by atoms with Crippen molar-refractivity contribution in [1.29, 1.82) is 0 Å². The molecule has 0 bridgehead atoms. The largest absolute Gasteiger partial charge is 0.274 e. The van der Waals surface area contributed by atoms with Crippen molar-refractivity contribution < 1.29 is 0 Å². The Morgan fingerprint density at radius 2 is 0.429 bits per heavy atom. The molecule has 8 N–H and O–H groups in total. The quantitative estimate of drug-likeness (QED) is 0.276.